The van der Waals surface area contributed by atoms with Crippen LogP contribution in [0, 0.1) is 18.3 Å². The van der Waals surface area contributed by atoms with Crippen LogP contribution in [0.2, 0.25) is 5.02 Å². The minimum atomic E-state index is 0.386. The minimum absolute atomic E-state index is 0.386. The Hall–Kier alpha value is -1.44. The van der Waals surface area contributed by atoms with Crippen LogP contribution in [0.3, 0.4) is 0 Å². The molecular formula is C12H10ClN3S. The number of hydrogen-bond acceptors (Lipinski definition) is 3. The highest BCUT2D eigenvalue weighted by Crippen LogP contribution is 2.24. The van der Waals surface area contributed by atoms with Gasteiger partial charge in [-0.1, -0.05) is 29.4 Å². The third-order valence-electron chi connectivity index (χ3n) is 2.30. The van der Waals surface area contributed by atoms with Gasteiger partial charge in [0.15, 0.2) is 5.16 Å². The first kappa shape index (κ1) is 12.0. The summed E-state index contributed by atoms with van der Waals surface area (Å²) in [5.41, 5.74) is 2.11. The van der Waals surface area contributed by atoms with Gasteiger partial charge in [-0.15, -0.1) is 0 Å². The van der Waals surface area contributed by atoms with Gasteiger partial charge >= 0.3 is 0 Å². The van der Waals surface area contributed by atoms with Gasteiger partial charge < -0.3 is 0 Å². The molecule has 1 heterocycles. The van der Waals surface area contributed by atoms with Crippen molar-refractivity contribution in [2.45, 2.75) is 12.1 Å². The molecule has 0 radical (unpaired) electrons. The fourth-order valence-electron chi connectivity index (χ4n) is 1.52. The number of aromatic nitrogens is 2. The van der Waals surface area contributed by atoms with Gasteiger partial charge in [0.25, 0.3) is 0 Å². The van der Waals surface area contributed by atoms with Crippen LogP contribution in [0.25, 0.3) is 5.69 Å². The van der Waals surface area contributed by atoms with Crippen molar-refractivity contribution < 1.29 is 0 Å². The molecule has 0 fully saturated rings. The van der Waals surface area contributed by atoms with E-state index < -0.39 is 0 Å². The number of thioether (sulfide) groups is 1. The van der Waals surface area contributed by atoms with Crippen LogP contribution in [0.5, 0.6) is 0 Å². The summed E-state index contributed by atoms with van der Waals surface area (Å²) < 4.78 is 1.95. The Morgan fingerprint density at radius 3 is 3.12 bits per heavy atom. The van der Waals surface area contributed by atoms with Crippen molar-refractivity contribution in [1.29, 1.82) is 5.26 Å². The van der Waals surface area contributed by atoms with Crippen molar-refractivity contribution in [1.82, 2.24) is 9.55 Å². The maximum Gasteiger partial charge on any atom is 0.173 e. The number of nitrogens with zero attached hydrogens (tertiary/aromatic N) is 3. The van der Waals surface area contributed by atoms with Gasteiger partial charge in [-0.05, 0) is 24.6 Å². The zero-order valence-corrected chi connectivity index (χ0v) is 10.8. The quantitative estimate of drug-likeness (QED) is 0.797. The van der Waals surface area contributed by atoms with E-state index in [-0.39, 0.29) is 0 Å². The first-order chi connectivity index (χ1) is 8.22. The van der Waals surface area contributed by atoms with Crippen LogP contribution < -0.4 is 0 Å². The summed E-state index contributed by atoms with van der Waals surface area (Å²) >= 11 is 7.41. The van der Waals surface area contributed by atoms with Crippen molar-refractivity contribution in [2.24, 2.45) is 0 Å². The van der Waals surface area contributed by atoms with Crippen molar-refractivity contribution >= 4 is 23.4 Å². The number of rotatable bonds is 3. The molecule has 0 saturated heterocycles. The molecule has 86 valence electrons. The highest BCUT2D eigenvalue weighted by molar-refractivity contribution is 7.99. The van der Waals surface area contributed by atoms with Gasteiger partial charge in [-0.25, -0.2) is 4.98 Å². The zero-order chi connectivity index (χ0) is 12.3. The van der Waals surface area contributed by atoms with E-state index in [1.165, 1.54) is 11.8 Å². The van der Waals surface area contributed by atoms with Crippen LogP contribution in [-0.4, -0.2) is 15.3 Å². The molecule has 5 heteroatoms. The first-order valence-electron chi connectivity index (χ1n) is 5.02. The Bertz CT molecular complexity index is 571. The van der Waals surface area contributed by atoms with Crippen LogP contribution in [-0.2, 0) is 0 Å². The van der Waals surface area contributed by atoms with E-state index in [1.807, 2.05) is 35.9 Å². The Morgan fingerprint density at radius 2 is 2.35 bits per heavy atom. The second-order valence-corrected chi connectivity index (χ2v) is 4.84. The van der Waals surface area contributed by atoms with E-state index in [0.29, 0.717) is 10.8 Å². The van der Waals surface area contributed by atoms with Crippen LogP contribution in [0.1, 0.15) is 5.56 Å². The molecule has 2 rings (SSSR count). The molecule has 0 aliphatic heterocycles. The summed E-state index contributed by atoms with van der Waals surface area (Å²) in [6.07, 6.45) is 3.60. The molecule has 2 aromatic rings. The molecule has 1 aromatic heterocycles. The molecule has 0 aliphatic rings. The third kappa shape index (κ3) is 2.63. The van der Waals surface area contributed by atoms with E-state index >= 15 is 0 Å². The standard InChI is InChI=1S/C12H10ClN3S/c1-9-2-3-10(13)8-11(9)16-6-5-15-12(16)17-7-4-14/h2-3,5-6,8H,7H2,1H3. The van der Waals surface area contributed by atoms with Gasteiger partial charge in [0, 0.05) is 17.4 Å². The number of benzene rings is 1. The topological polar surface area (TPSA) is 41.6 Å². The van der Waals surface area contributed by atoms with Crippen LogP contribution >= 0.6 is 23.4 Å². The molecular weight excluding hydrogens is 254 g/mol. The van der Waals surface area contributed by atoms with Gasteiger partial charge in [0.1, 0.15) is 0 Å². The average molecular weight is 264 g/mol. The van der Waals surface area contributed by atoms with Crippen LogP contribution in [0.4, 0.5) is 0 Å². The lowest BCUT2D eigenvalue weighted by molar-refractivity contribution is 0.889. The molecule has 1 aromatic carbocycles. The smallest absolute Gasteiger partial charge is 0.173 e. The highest BCUT2D eigenvalue weighted by atomic mass is 35.5. The molecule has 0 bridgehead atoms. The number of halogens is 1. The molecule has 0 amide bonds. The molecule has 17 heavy (non-hydrogen) atoms. The normalized spacial score (nSPS) is 10.2. The third-order valence-corrected chi connectivity index (χ3v) is 3.37. The van der Waals surface area contributed by atoms with E-state index in [9.17, 15) is 0 Å². The predicted molar refractivity (Wildman–Crippen MR) is 69.6 cm³/mol. The van der Waals surface area contributed by atoms with Crippen molar-refractivity contribution in [3.8, 4) is 11.8 Å². The highest BCUT2D eigenvalue weighted by Gasteiger charge is 2.08. The molecule has 0 unspecified atom stereocenters. The summed E-state index contributed by atoms with van der Waals surface area (Å²) in [4.78, 5) is 4.23. The molecule has 0 atom stereocenters. The Kier molecular flexibility index (Phi) is 3.72. The van der Waals surface area contributed by atoms with Gasteiger partial charge in [0.2, 0.25) is 0 Å². The number of imidazole rings is 1. The maximum absolute atomic E-state index is 8.60. The SMILES string of the molecule is Cc1ccc(Cl)cc1-n1ccnc1SCC#N. The largest absolute Gasteiger partial charge is 0.295 e. The number of aryl methyl sites for hydroxylation is 1. The Morgan fingerprint density at radius 1 is 1.53 bits per heavy atom. The zero-order valence-electron chi connectivity index (χ0n) is 9.22. The average Bonchev–Trinajstić information content (AvgIpc) is 2.77. The Labute approximate surface area is 109 Å². The summed E-state index contributed by atoms with van der Waals surface area (Å²) in [7, 11) is 0. The van der Waals surface area contributed by atoms with Crippen molar-refractivity contribution in [3.05, 3.63) is 41.2 Å². The maximum atomic E-state index is 8.60. The fraction of sp³-hybridized carbons (Fsp3) is 0.167. The van der Waals surface area contributed by atoms with E-state index in [1.54, 1.807) is 6.20 Å². The van der Waals surface area contributed by atoms with Crippen molar-refractivity contribution in [3.63, 3.8) is 0 Å². The van der Waals surface area contributed by atoms with E-state index in [0.717, 1.165) is 16.4 Å². The van der Waals surface area contributed by atoms with E-state index in [2.05, 4.69) is 11.1 Å². The van der Waals surface area contributed by atoms with Gasteiger partial charge in [-0.2, -0.15) is 5.26 Å². The lowest BCUT2D eigenvalue weighted by Crippen LogP contribution is -1.98. The predicted octanol–water partition coefficient (Wildman–Crippen LogP) is 3.45. The fourth-order valence-corrected chi connectivity index (χ4v) is 2.31. The molecule has 0 N–H and O–H groups in total. The van der Waals surface area contributed by atoms with Gasteiger partial charge in [0.05, 0.1) is 17.5 Å². The summed E-state index contributed by atoms with van der Waals surface area (Å²) in [6.45, 7) is 2.02. The summed E-state index contributed by atoms with van der Waals surface area (Å²) in [5, 5.41) is 10.1. The minimum Gasteiger partial charge on any atom is -0.295 e. The lowest BCUT2D eigenvalue weighted by atomic mass is 10.2. The molecule has 0 aliphatic carbocycles. The van der Waals surface area contributed by atoms with Gasteiger partial charge in [-0.3, -0.25) is 4.57 Å². The van der Waals surface area contributed by atoms with Crippen LogP contribution in [0.15, 0.2) is 35.7 Å². The summed E-state index contributed by atoms with van der Waals surface area (Å²) in [6, 6.07) is 7.82. The second-order valence-electron chi connectivity index (χ2n) is 3.46. The molecule has 0 spiro atoms. The number of nitriles is 1. The summed E-state index contributed by atoms with van der Waals surface area (Å²) in [5.74, 6) is 0.386. The molecule has 3 nitrogen and oxygen atoms in total. The number of hydrogen-bond donors (Lipinski definition) is 0. The van der Waals surface area contributed by atoms with E-state index in [4.69, 9.17) is 16.9 Å². The second kappa shape index (κ2) is 5.26. The monoisotopic (exact) mass is 263 g/mol. The van der Waals surface area contributed by atoms with Crippen molar-refractivity contribution in [2.75, 3.05) is 5.75 Å². The Balaban J connectivity index is 2.43. The lowest BCUT2D eigenvalue weighted by Gasteiger charge is -2.09. The molecule has 0 saturated carbocycles. The first-order valence-corrected chi connectivity index (χ1v) is 6.38.